The van der Waals surface area contributed by atoms with Crippen LogP contribution in [0, 0.1) is 20.8 Å². The summed E-state index contributed by atoms with van der Waals surface area (Å²) in [7, 11) is 0.443. The zero-order chi connectivity index (χ0) is 30.8. The molecule has 0 aliphatic heterocycles. The van der Waals surface area contributed by atoms with Crippen LogP contribution in [0.1, 0.15) is 58.2 Å². The molecule has 5 heteroatoms. The van der Waals surface area contributed by atoms with Crippen molar-refractivity contribution < 1.29 is 20.4 Å². The Hall–Kier alpha value is -4.27. The van der Waals surface area contributed by atoms with Crippen molar-refractivity contribution in [1.82, 2.24) is 0 Å². The lowest BCUT2D eigenvalue weighted by molar-refractivity contribution is 0.454. The number of aromatic hydroxyl groups is 4. The van der Waals surface area contributed by atoms with Gasteiger partial charge in [0, 0.05) is 22.3 Å². The van der Waals surface area contributed by atoms with Crippen molar-refractivity contribution in [1.29, 1.82) is 0 Å². The van der Waals surface area contributed by atoms with Gasteiger partial charge in [-0.05, 0) is 132 Å². The lowest BCUT2D eigenvalue weighted by Crippen LogP contribution is -2.07. The molecule has 0 bridgehead atoms. The molecule has 0 spiro atoms. The van der Waals surface area contributed by atoms with Crippen LogP contribution in [0.2, 0.25) is 0 Å². The van der Waals surface area contributed by atoms with Gasteiger partial charge in [0.1, 0.15) is 23.0 Å². The second-order valence-corrected chi connectivity index (χ2v) is 12.4. The topological polar surface area (TPSA) is 80.9 Å². The highest BCUT2D eigenvalue weighted by atomic mass is 31.1. The molecule has 5 rings (SSSR count). The highest BCUT2D eigenvalue weighted by molar-refractivity contribution is 7.46. The van der Waals surface area contributed by atoms with Crippen LogP contribution in [0.5, 0.6) is 23.0 Å². The van der Waals surface area contributed by atoms with Crippen LogP contribution >= 0.6 is 8.58 Å². The molecular weight excluding hydrogens is 551 g/mol. The van der Waals surface area contributed by atoms with E-state index in [1.807, 2.05) is 76.0 Å². The van der Waals surface area contributed by atoms with Crippen molar-refractivity contribution in [3.05, 3.63) is 124 Å². The Labute approximate surface area is 256 Å². The number of hydrogen-bond acceptors (Lipinski definition) is 4. The van der Waals surface area contributed by atoms with E-state index in [0.29, 0.717) is 19.7 Å². The van der Waals surface area contributed by atoms with E-state index in [9.17, 15) is 20.4 Å². The average Bonchev–Trinajstić information content (AvgIpc) is 3.00. The zero-order valence-corrected chi connectivity index (χ0v) is 26.4. The third-order valence-corrected chi connectivity index (χ3v) is 9.20. The van der Waals surface area contributed by atoms with Crippen LogP contribution in [-0.4, -0.2) is 27.1 Å². The van der Waals surface area contributed by atoms with Gasteiger partial charge in [0.15, 0.2) is 0 Å². The Morgan fingerprint density at radius 1 is 0.581 bits per heavy atom. The molecule has 2 unspecified atom stereocenters. The van der Waals surface area contributed by atoms with Crippen LogP contribution in [0.3, 0.4) is 0 Å². The molecule has 0 aliphatic carbocycles. The molecule has 0 saturated heterocycles. The normalized spacial score (nSPS) is 12.2. The summed E-state index contributed by atoms with van der Waals surface area (Å²) >= 11 is 0. The van der Waals surface area contributed by atoms with E-state index in [0.717, 1.165) is 62.7 Å². The third kappa shape index (κ3) is 6.12. The fourth-order valence-electron chi connectivity index (χ4n) is 5.83. The maximum absolute atomic E-state index is 11.6. The largest absolute Gasteiger partial charge is 0.508 e. The maximum atomic E-state index is 11.6. The van der Waals surface area contributed by atoms with Crippen molar-refractivity contribution >= 4 is 13.9 Å². The number of benzene rings is 5. The van der Waals surface area contributed by atoms with Gasteiger partial charge in [-0.2, -0.15) is 0 Å². The first-order chi connectivity index (χ1) is 20.6. The van der Waals surface area contributed by atoms with Gasteiger partial charge in [-0.3, -0.25) is 0 Å². The van der Waals surface area contributed by atoms with Crippen LogP contribution in [0.25, 0.3) is 22.3 Å². The Morgan fingerprint density at radius 3 is 1.60 bits per heavy atom. The summed E-state index contributed by atoms with van der Waals surface area (Å²) in [6.07, 6.45) is 2.03. The van der Waals surface area contributed by atoms with Crippen LogP contribution in [0.15, 0.2) is 84.9 Å². The Kier molecular flexibility index (Phi) is 8.80. The predicted octanol–water partition coefficient (Wildman–Crippen LogP) is 8.83. The van der Waals surface area contributed by atoms with E-state index in [4.69, 9.17) is 0 Å². The van der Waals surface area contributed by atoms with Crippen molar-refractivity contribution in [3.63, 3.8) is 0 Å². The van der Waals surface area contributed by atoms with Gasteiger partial charge in [-0.15, -0.1) is 0 Å². The van der Waals surface area contributed by atoms with Crippen LogP contribution < -0.4 is 5.30 Å². The lowest BCUT2D eigenvalue weighted by atomic mass is 9.80. The van der Waals surface area contributed by atoms with Gasteiger partial charge in [-0.1, -0.05) is 58.3 Å². The molecular formula is C38H39O4P. The number of phenolic OH excluding ortho intramolecular Hbond substituents is 4. The van der Waals surface area contributed by atoms with E-state index < -0.39 is 5.92 Å². The van der Waals surface area contributed by atoms with Gasteiger partial charge < -0.3 is 20.4 Å². The summed E-state index contributed by atoms with van der Waals surface area (Å²) in [5.41, 5.74) is 9.56. The Morgan fingerprint density at radius 2 is 1.09 bits per heavy atom. The number of aryl methyl sites for hydroxylation is 4. The van der Waals surface area contributed by atoms with Crippen molar-refractivity contribution in [2.75, 3.05) is 6.66 Å². The summed E-state index contributed by atoms with van der Waals surface area (Å²) < 4.78 is 0. The van der Waals surface area contributed by atoms with E-state index in [1.165, 1.54) is 5.56 Å². The first-order valence-electron chi connectivity index (χ1n) is 14.7. The summed E-state index contributed by atoms with van der Waals surface area (Å²) in [6, 6.07) is 27.5. The zero-order valence-electron chi connectivity index (χ0n) is 25.4. The highest BCUT2D eigenvalue weighted by Crippen LogP contribution is 2.46. The number of rotatable bonds is 8. The highest BCUT2D eigenvalue weighted by Gasteiger charge is 2.26. The molecule has 0 heterocycles. The second-order valence-electron chi connectivity index (χ2n) is 11.4. The van der Waals surface area contributed by atoms with Gasteiger partial charge in [0.05, 0.1) is 0 Å². The molecule has 2 atom stereocenters. The molecule has 43 heavy (non-hydrogen) atoms. The second kappa shape index (κ2) is 12.5. The van der Waals surface area contributed by atoms with Crippen LogP contribution in [0.4, 0.5) is 0 Å². The first kappa shape index (κ1) is 30.2. The van der Waals surface area contributed by atoms with Crippen molar-refractivity contribution in [3.8, 4) is 45.3 Å². The summed E-state index contributed by atoms with van der Waals surface area (Å²) in [4.78, 5) is 0. The van der Waals surface area contributed by atoms with Crippen molar-refractivity contribution in [2.24, 2.45) is 0 Å². The van der Waals surface area contributed by atoms with Gasteiger partial charge in [-0.25, -0.2) is 0 Å². The molecule has 5 aromatic rings. The van der Waals surface area contributed by atoms with Gasteiger partial charge in [0.2, 0.25) is 0 Å². The monoisotopic (exact) mass is 590 g/mol. The summed E-state index contributed by atoms with van der Waals surface area (Å²) in [5.74, 6) is 0.430. The minimum atomic E-state index is -0.462. The smallest absolute Gasteiger partial charge is 0.122 e. The average molecular weight is 591 g/mol. The Balaban J connectivity index is 1.77. The SMILES string of the molecule is CCCc1ccc(C(c2cc(-c3ccc(O)c(C)c3)cc(C)c2O)c2cc(-c3ccc(O)c(PC)c3)cc(C)c2O)cc1. The lowest BCUT2D eigenvalue weighted by Gasteiger charge is -2.25. The molecule has 220 valence electrons. The molecule has 0 aromatic heterocycles. The fraction of sp³-hybridized carbons (Fsp3) is 0.211. The molecule has 0 radical (unpaired) electrons. The van der Waals surface area contributed by atoms with E-state index in [2.05, 4.69) is 31.2 Å². The minimum absolute atomic E-state index is 0.184. The molecule has 5 aromatic carbocycles. The first-order valence-corrected chi connectivity index (χ1v) is 16.2. The molecule has 0 amide bonds. The van der Waals surface area contributed by atoms with E-state index in [1.54, 1.807) is 12.1 Å². The summed E-state index contributed by atoms with van der Waals surface area (Å²) in [6.45, 7) is 9.86. The van der Waals surface area contributed by atoms with Gasteiger partial charge in [0.25, 0.3) is 0 Å². The number of hydrogen-bond donors (Lipinski definition) is 4. The number of phenols is 4. The quantitative estimate of drug-likeness (QED) is 0.108. The van der Waals surface area contributed by atoms with E-state index >= 15 is 0 Å². The predicted molar refractivity (Wildman–Crippen MR) is 180 cm³/mol. The molecule has 0 aliphatic rings. The minimum Gasteiger partial charge on any atom is -0.508 e. The fourth-order valence-corrected chi connectivity index (χ4v) is 6.47. The standard InChI is InChI=1S/C38H39O4P/c1-6-7-25-8-10-26(11-9-25)36(31-19-29(17-23(3)37(31)41)27-12-14-33(39)22(2)16-27)32-20-30(18-24(4)38(32)42)28-13-15-34(40)35(21-28)43-5/h8-21,36,39-43H,6-7H2,1-5H3. The third-order valence-electron chi connectivity index (χ3n) is 8.26. The summed E-state index contributed by atoms with van der Waals surface area (Å²) in [5, 5.41) is 44.5. The Bertz CT molecular complexity index is 1790. The molecule has 4 N–H and O–H groups in total. The molecule has 4 nitrogen and oxygen atoms in total. The molecule has 0 saturated carbocycles. The van der Waals surface area contributed by atoms with Crippen LogP contribution in [-0.2, 0) is 6.42 Å². The van der Waals surface area contributed by atoms with Gasteiger partial charge >= 0.3 is 0 Å². The van der Waals surface area contributed by atoms with Crippen molar-refractivity contribution in [2.45, 2.75) is 46.5 Å². The van der Waals surface area contributed by atoms with E-state index in [-0.39, 0.29) is 23.0 Å². The maximum Gasteiger partial charge on any atom is 0.122 e. The molecule has 0 fully saturated rings.